The first-order valence-electron chi connectivity index (χ1n) is 8.00. The highest BCUT2D eigenvalue weighted by Crippen LogP contribution is 2.31. The minimum absolute atomic E-state index is 0.142. The van der Waals surface area contributed by atoms with Crippen LogP contribution in [0.5, 0.6) is 5.75 Å². The number of aromatic amines is 1. The number of hydrogen-bond acceptors (Lipinski definition) is 4. The van der Waals surface area contributed by atoms with Gasteiger partial charge in [0, 0.05) is 22.5 Å². The van der Waals surface area contributed by atoms with E-state index in [4.69, 9.17) is 21.1 Å². The molecule has 4 rings (SSSR count). The van der Waals surface area contributed by atoms with Crippen molar-refractivity contribution in [1.82, 2.24) is 15.5 Å². The molecule has 2 heterocycles. The molecule has 3 aromatic rings. The number of carbonyl (C=O) groups is 1. The fraction of sp³-hybridized carbons (Fsp3) is 0.222. The zero-order valence-corrected chi connectivity index (χ0v) is 14.1. The van der Waals surface area contributed by atoms with Gasteiger partial charge < -0.3 is 14.8 Å². The lowest BCUT2D eigenvalue weighted by Gasteiger charge is -2.08. The summed E-state index contributed by atoms with van der Waals surface area (Å²) in [7, 11) is 0. The van der Waals surface area contributed by atoms with Gasteiger partial charge in [-0.25, -0.2) is 4.79 Å². The Morgan fingerprint density at radius 3 is 2.96 bits per heavy atom. The highest BCUT2D eigenvalue weighted by Gasteiger charge is 2.13. The predicted molar refractivity (Wildman–Crippen MR) is 94.8 cm³/mol. The van der Waals surface area contributed by atoms with E-state index in [1.165, 1.54) is 0 Å². The number of alkyl carbamates (subject to hydrolysis) is 1. The first kappa shape index (κ1) is 15.8. The van der Waals surface area contributed by atoms with Crippen LogP contribution in [0.15, 0.2) is 36.4 Å². The fourth-order valence-corrected chi connectivity index (χ4v) is 3.08. The van der Waals surface area contributed by atoms with Crippen molar-refractivity contribution >= 4 is 28.6 Å². The third kappa shape index (κ3) is 3.39. The first-order valence-corrected chi connectivity index (χ1v) is 8.38. The number of nitrogens with one attached hydrogen (secondary N) is 2. The summed E-state index contributed by atoms with van der Waals surface area (Å²) in [6, 6.07) is 11.3. The average Bonchev–Trinajstić information content (AvgIpc) is 3.02. The third-order valence-corrected chi connectivity index (χ3v) is 4.21. The monoisotopic (exact) mass is 357 g/mol. The van der Waals surface area contributed by atoms with Gasteiger partial charge in [-0.05, 0) is 48.4 Å². The van der Waals surface area contributed by atoms with E-state index in [0.717, 1.165) is 33.5 Å². The quantitative estimate of drug-likeness (QED) is 0.640. The molecule has 0 unspecified atom stereocenters. The van der Waals surface area contributed by atoms with E-state index in [2.05, 4.69) is 15.5 Å². The van der Waals surface area contributed by atoms with Gasteiger partial charge in [0.05, 0.1) is 12.1 Å². The summed E-state index contributed by atoms with van der Waals surface area (Å²) in [6.07, 6.45) is 0.226. The summed E-state index contributed by atoms with van der Waals surface area (Å²) in [5, 5.41) is 11.7. The van der Waals surface area contributed by atoms with Crippen molar-refractivity contribution in [3.05, 3.63) is 47.0 Å². The number of H-pyrrole nitrogens is 1. The summed E-state index contributed by atoms with van der Waals surface area (Å²) in [4.78, 5) is 11.7. The van der Waals surface area contributed by atoms with Crippen LogP contribution in [0.1, 0.15) is 12.0 Å². The van der Waals surface area contributed by atoms with Crippen LogP contribution in [0.25, 0.3) is 22.2 Å². The highest BCUT2D eigenvalue weighted by molar-refractivity contribution is 6.31. The summed E-state index contributed by atoms with van der Waals surface area (Å²) in [5.41, 5.74) is 3.35. The molecule has 0 atom stereocenters. The number of nitrogens with zero attached hydrogens (tertiary/aromatic N) is 1. The molecule has 1 aromatic heterocycles. The molecule has 1 aliphatic rings. The normalized spacial score (nSPS) is 15.0. The van der Waals surface area contributed by atoms with Crippen molar-refractivity contribution in [2.75, 3.05) is 13.2 Å². The van der Waals surface area contributed by atoms with Crippen LogP contribution in [-0.2, 0) is 11.3 Å². The van der Waals surface area contributed by atoms with Crippen LogP contribution in [0.4, 0.5) is 4.79 Å². The number of hydrogen-bond donors (Lipinski definition) is 2. The van der Waals surface area contributed by atoms with Gasteiger partial charge in [0.2, 0.25) is 0 Å². The fourth-order valence-electron chi connectivity index (χ4n) is 2.83. The maximum absolute atomic E-state index is 11.7. The first-order chi connectivity index (χ1) is 12.2. The van der Waals surface area contributed by atoms with Gasteiger partial charge in [-0.15, -0.1) is 0 Å². The molecule has 128 valence electrons. The van der Waals surface area contributed by atoms with E-state index in [1.807, 2.05) is 30.3 Å². The molecule has 0 spiro atoms. The number of carbonyl (C=O) groups excluding carboxylic acids is 1. The Balaban J connectivity index is 1.81. The van der Waals surface area contributed by atoms with E-state index in [1.54, 1.807) is 6.07 Å². The minimum atomic E-state index is -0.459. The molecule has 1 amide bonds. The van der Waals surface area contributed by atoms with Crippen molar-refractivity contribution in [2.24, 2.45) is 0 Å². The zero-order chi connectivity index (χ0) is 17.2. The van der Waals surface area contributed by atoms with Crippen molar-refractivity contribution in [3.8, 4) is 17.0 Å². The molecule has 2 N–H and O–H groups in total. The lowest BCUT2D eigenvalue weighted by Crippen LogP contribution is -2.26. The van der Waals surface area contributed by atoms with Gasteiger partial charge in [-0.2, -0.15) is 5.10 Å². The molecular formula is C18H16ClN3O3. The summed E-state index contributed by atoms with van der Waals surface area (Å²) in [6.45, 7) is 1.13. The molecule has 7 heteroatoms. The maximum atomic E-state index is 11.7. The molecule has 4 bridgehead atoms. The molecule has 0 aliphatic carbocycles. The van der Waals surface area contributed by atoms with Gasteiger partial charge in [-0.3, -0.25) is 5.10 Å². The number of halogens is 1. The Hall–Kier alpha value is -2.73. The number of amides is 1. The van der Waals surface area contributed by atoms with Crippen molar-refractivity contribution in [3.63, 3.8) is 0 Å². The average molecular weight is 358 g/mol. The van der Waals surface area contributed by atoms with E-state index in [9.17, 15) is 4.79 Å². The molecule has 25 heavy (non-hydrogen) atoms. The van der Waals surface area contributed by atoms with Crippen LogP contribution in [0, 0.1) is 0 Å². The number of fused-ring (bicyclic) bond motifs is 4. The van der Waals surface area contributed by atoms with Gasteiger partial charge in [0.1, 0.15) is 18.1 Å². The molecule has 2 aromatic carbocycles. The second-order valence-corrected chi connectivity index (χ2v) is 6.27. The van der Waals surface area contributed by atoms with Gasteiger partial charge >= 0.3 is 6.09 Å². The second-order valence-electron chi connectivity index (χ2n) is 5.83. The van der Waals surface area contributed by atoms with E-state index >= 15 is 0 Å². The molecule has 6 nitrogen and oxygen atoms in total. The molecule has 0 saturated carbocycles. The smallest absolute Gasteiger partial charge is 0.407 e. The minimum Gasteiger partial charge on any atom is -0.494 e. The zero-order valence-electron chi connectivity index (χ0n) is 13.3. The van der Waals surface area contributed by atoms with Crippen molar-refractivity contribution in [2.45, 2.75) is 13.0 Å². The van der Waals surface area contributed by atoms with Gasteiger partial charge in [0.15, 0.2) is 0 Å². The Kier molecular flexibility index (Phi) is 4.19. The van der Waals surface area contributed by atoms with Crippen LogP contribution in [0.3, 0.4) is 0 Å². The number of benzene rings is 2. The van der Waals surface area contributed by atoms with Crippen LogP contribution >= 0.6 is 11.6 Å². The standard InChI is InChI=1S/C18H16ClN3O3/c19-13-7-11-6-12(8-13)17-15-9-14(2-3-16(15)21-22-17)24-5-1-4-20-18(23)25-10-11/h2-3,6-9H,1,4-5,10H2,(H,20,23)(H,21,22). The van der Waals surface area contributed by atoms with Crippen LogP contribution in [-0.4, -0.2) is 29.4 Å². The van der Waals surface area contributed by atoms with Crippen LogP contribution < -0.4 is 10.1 Å². The van der Waals surface area contributed by atoms with Crippen molar-refractivity contribution < 1.29 is 14.3 Å². The number of ether oxygens (including phenoxy) is 2. The van der Waals surface area contributed by atoms with Gasteiger partial charge in [0.25, 0.3) is 0 Å². The van der Waals surface area contributed by atoms with E-state index in [0.29, 0.717) is 24.6 Å². The molecular weight excluding hydrogens is 342 g/mol. The SMILES string of the molecule is O=C1NCCCOc2ccc3[nH]nc(c3c2)-c2cc(Cl)cc(c2)CO1. The largest absolute Gasteiger partial charge is 0.494 e. The lowest BCUT2D eigenvalue weighted by molar-refractivity contribution is 0.139. The Morgan fingerprint density at radius 2 is 2.04 bits per heavy atom. The second kappa shape index (κ2) is 6.64. The number of rotatable bonds is 0. The van der Waals surface area contributed by atoms with E-state index < -0.39 is 6.09 Å². The topological polar surface area (TPSA) is 76.2 Å². The Bertz CT molecular complexity index is 938. The maximum Gasteiger partial charge on any atom is 0.407 e. The molecule has 1 aliphatic heterocycles. The molecule has 0 saturated heterocycles. The molecule has 0 radical (unpaired) electrons. The van der Waals surface area contributed by atoms with Crippen molar-refractivity contribution in [1.29, 1.82) is 0 Å². The highest BCUT2D eigenvalue weighted by atomic mass is 35.5. The van der Waals surface area contributed by atoms with Gasteiger partial charge in [-0.1, -0.05) is 11.6 Å². The van der Waals surface area contributed by atoms with E-state index in [-0.39, 0.29) is 6.61 Å². The lowest BCUT2D eigenvalue weighted by atomic mass is 10.0. The summed E-state index contributed by atoms with van der Waals surface area (Å²) < 4.78 is 11.0. The Morgan fingerprint density at radius 1 is 1.12 bits per heavy atom. The number of cyclic esters (lactones) is 1. The summed E-state index contributed by atoms with van der Waals surface area (Å²) in [5.74, 6) is 0.759. The van der Waals surface area contributed by atoms with Crippen LogP contribution in [0.2, 0.25) is 5.02 Å². The summed E-state index contributed by atoms with van der Waals surface area (Å²) >= 11 is 6.24. The number of aromatic nitrogens is 2. The Labute approximate surface area is 149 Å². The third-order valence-electron chi connectivity index (χ3n) is 3.99. The predicted octanol–water partition coefficient (Wildman–Crippen LogP) is 3.89. The molecule has 0 fully saturated rings.